The molecule has 0 fully saturated rings. The van der Waals surface area contributed by atoms with Gasteiger partial charge in [0.2, 0.25) is 5.06 Å². The number of nitrogens with one attached hydrogen (secondary N) is 1. The molecular formula is C25H25FN4O2S. The van der Waals surface area contributed by atoms with E-state index in [4.69, 9.17) is 4.74 Å². The van der Waals surface area contributed by atoms with E-state index in [1.807, 2.05) is 35.1 Å². The summed E-state index contributed by atoms with van der Waals surface area (Å²) in [5.74, 6) is -0.319. The molecule has 8 heteroatoms. The van der Waals surface area contributed by atoms with E-state index in [0.29, 0.717) is 15.8 Å². The van der Waals surface area contributed by atoms with Gasteiger partial charge in [0.25, 0.3) is 0 Å². The summed E-state index contributed by atoms with van der Waals surface area (Å²) in [5, 5.41) is 8.45. The molecule has 0 bridgehead atoms. The summed E-state index contributed by atoms with van der Waals surface area (Å²) >= 11 is 1.27. The maximum absolute atomic E-state index is 13.0. The molecule has 4 rings (SSSR count). The van der Waals surface area contributed by atoms with Crippen molar-refractivity contribution in [3.8, 4) is 15.8 Å². The predicted molar refractivity (Wildman–Crippen MR) is 127 cm³/mol. The molecular weight excluding hydrogens is 439 g/mol. The minimum atomic E-state index is -0.590. The number of nitrogens with zero attached hydrogens (tertiary/aromatic N) is 3. The Balaban J connectivity index is 1.39. The number of thiazole rings is 1. The van der Waals surface area contributed by atoms with Crippen LogP contribution in [0.5, 0.6) is 5.06 Å². The number of amides is 1. The molecule has 0 spiro atoms. The number of aromatic nitrogens is 3. The van der Waals surface area contributed by atoms with Crippen LogP contribution in [0, 0.1) is 12.7 Å². The van der Waals surface area contributed by atoms with Gasteiger partial charge in [-0.25, -0.2) is 14.2 Å². The molecule has 0 aliphatic carbocycles. The second-order valence-electron chi connectivity index (χ2n) is 8.41. The molecule has 0 saturated carbocycles. The summed E-state index contributed by atoms with van der Waals surface area (Å²) in [5.41, 5.74) is 3.29. The van der Waals surface area contributed by atoms with E-state index in [-0.39, 0.29) is 17.8 Å². The summed E-state index contributed by atoms with van der Waals surface area (Å²) in [7, 11) is 0. The molecule has 33 heavy (non-hydrogen) atoms. The van der Waals surface area contributed by atoms with Gasteiger partial charge in [0.1, 0.15) is 16.5 Å². The zero-order valence-corrected chi connectivity index (χ0v) is 19.5. The number of hydrogen-bond acceptors (Lipinski definition) is 5. The summed E-state index contributed by atoms with van der Waals surface area (Å²) < 4.78 is 20.3. The van der Waals surface area contributed by atoms with Crippen molar-refractivity contribution >= 4 is 17.4 Å². The average molecular weight is 465 g/mol. The number of carbonyl (C=O) groups is 1. The normalized spacial score (nSPS) is 11.4. The van der Waals surface area contributed by atoms with E-state index in [1.54, 1.807) is 19.1 Å². The van der Waals surface area contributed by atoms with Crippen LogP contribution in [0.25, 0.3) is 10.7 Å². The van der Waals surface area contributed by atoms with Gasteiger partial charge in [-0.05, 0) is 36.2 Å². The fourth-order valence-electron chi connectivity index (χ4n) is 3.43. The third-order valence-electron chi connectivity index (χ3n) is 5.26. The quantitative estimate of drug-likeness (QED) is 0.380. The summed E-state index contributed by atoms with van der Waals surface area (Å²) in [6.07, 6.45) is 1.35. The zero-order chi connectivity index (χ0) is 23.4. The van der Waals surface area contributed by atoms with Crippen LogP contribution in [0.4, 0.5) is 9.18 Å². The number of rotatable bonds is 7. The Kier molecular flexibility index (Phi) is 6.55. The first-order valence-corrected chi connectivity index (χ1v) is 11.4. The van der Waals surface area contributed by atoms with Crippen LogP contribution < -0.4 is 10.1 Å². The van der Waals surface area contributed by atoms with Crippen LogP contribution in [0.15, 0.2) is 66.9 Å². The minimum absolute atomic E-state index is 0.0831. The summed E-state index contributed by atoms with van der Waals surface area (Å²) in [6.45, 7) is 7.13. The predicted octanol–water partition coefficient (Wildman–Crippen LogP) is 5.72. The van der Waals surface area contributed by atoms with Gasteiger partial charge >= 0.3 is 6.09 Å². The molecule has 0 aliphatic heterocycles. The summed E-state index contributed by atoms with van der Waals surface area (Å²) in [4.78, 5) is 16.7. The lowest BCUT2D eigenvalue weighted by Gasteiger charge is -2.25. The molecule has 4 aromatic rings. The van der Waals surface area contributed by atoms with Crippen LogP contribution in [0.2, 0.25) is 0 Å². The fourth-order valence-corrected chi connectivity index (χ4v) is 4.32. The van der Waals surface area contributed by atoms with E-state index in [1.165, 1.54) is 29.0 Å². The van der Waals surface area contributed by atoms with E-state index in [2.05, 4.69) is 41.4 Å². The van der Waals surface area contributed by atoms with Crippen molar-refractivity contribution in [2.75, 3.05) is 0 Å². The molecule has 170 valence electrons. The lowest BCUT2D eigenvalue weighted by atomic mass is 9.85. The third kappa shape index (κ3) is 5.64. The molecule has 0 aliphatic rings. The molecule has 2 heterocycles. The number of carbonyl (C=O) groups excluding carboxylic acids is 1. The van der Waals surface area contributed by atoms with Gasteiger partial charge in [-0.3, -0.25) is 4.68 Å². The largest absolute Gasteiger partial charge is 0.413 e. The Morgan fingerprint density at radius 2 is 1.85 bits per heavy atom. The van der Waals surface area contributed by atoms with Crippen molar-refractivity contribution in [1.82, 2.24) is 20.1 Å². The standard InChI is InChI=1S/C25H25FN4O2S/c1-17-23(32-24(31)27-15-18-9-11-20(26)12-10-18)33-22(28-17)21-13-14-30(29-21)16-25(2,3)19-7-5-4-6-8-19/h4-14H,15-16H2,1-3H3,(H,27,31). The molecule has 0 saturated heterocycles. The van der Waals surface area contributed by atoms with Crippen LogP contribution in [0.1, 0.15) is 30.7 Å². The SMILES string of the molecule is Cc1nc(-c2ccn(CC(C)(C)c3ccccc3)n2)sc1OC(=O)NCc1ccc(F)cc1. The molecule has 0 atom stereocenters. The molecule has 0 radical (unpaired) electrons. The Labute approximate surface area is 196 Å². The van der Waals surface area contributed by atoms with Crippen LogP contribution in [-0.4, -0.2) is 20.9 Å². The first-order valence-electron chi connectivity index (χ1n) is 10.6. The van der Waals surface area contributed by atoms with E-state index in [9.17, 15) is 9.18 Å². The van der Waals surface area contributed by atoms with Crippen molar-refractivity contribution in [2.45, 2.75) is 39.3 Å². The maximum Gasteiger partial charge on any atom is 0.413 e. The van der Waals surface area contributed by atoms with E-state index >= 15 is 0 Å². The number of hydrogen-bond donors (Lipinski definition) is 1. The maximum atomic E-state index is 13.0. The van der Waals surface area contributed by atoms with E-state index < -0.39 is 6.09 Å². The highest BCUT2D eigenvalue weighted by molar-refractivity contribution is 7.17. The van der Waals surface area contributed by atoms with Crippen molar-refractivity contribution in [3.63, 3.8) is 0 Å². The number of halogens is 1. The third-order valence-corrected chi connectivity index (χ3v) is 6.32. The topological polar surface area (TPSA) is 69.0 Å². The Morgan fingerprint density at radius 1 is 1.12 bits per heavy atom. The fraction of sp³-hybridized carbons (Fsp3) is 0.240. The van der Waals surface area contributed by atoms with Crippen LogP contribution >= 0.6 is 11.3 Å². The highest BCUT2D eigenvalue weighted by atomic mass is 32.1. The van der Waals surface area contributed by atoms with Gasteiger partial charge in [-0.15, -0.1) is 0 Å². The molecule has 2 aromatic heterocycles. The Hall–Kier alpha value is -3.52. The Bertz CT molecular complexity index is 1230. The first-order chi connectivity index (χ1) is 15.8. The molecule has 2 aromatic carbocycles. The van der Waals surface area contributed by atoms with Crippen LogP contribution in [0.3, 0.4) is 0 Å². The molecule has 1 N–H and O–H groups in total. The van der Waals surface area contributed by atoms with Crippen molar-refractivity contribution < 1.29 is 13.9 Å². The van der Waals surface area contributed by atoms with Gasteiger partial charge in [-0.1, -0.05) is 67.6 Å². The van der Waals surface area contributed by atoms with Gasteiger partial charge in [0, 0.05) is 18.2 Å². The monoisotopic (exact) mass is 464 g/mol. The lowest BCUT2D eigenvalue weighted by Crippen LogP contribution is -2.26. The second kappa shape index (κ2) is 9.54. The van der Waals surface area contributed by atoms with E-state index in [0.717, 1.165) is 17.8 Å². The lowest BCUT2D eigenvalue weighted by molar-refractivity contribution is 0.201. The number of ether oxygens (including phenoxy) is 1. The highest BCUT2D eigenvalue weighted by Gasteiger charge is 2.22. The minimum Gasteiger partial charge on any atom is -0.397 e. The van der Waals surface area contributed by atoms with Crippen molar-refractivity contribution in [1.29, 1.82) is 0 Å². The first kappa shape index (κ1) is 22.7. The van der Waals surface area contributed by atoms with Gasteiger partial charge in [-0.2, -0.15) is 5.10 Å². The smallest absolute Gasteiger partial charge is 0.397 e. The van der Waals surface area contributed by atoms with Gasteiger partial charge in [0.15, 0.2) is 0 Å². The molecule has 0 unspecified atom stereocenters. The number of benzene rings is 2. The molecule has 6 nitrogen and oxygen atoms in total. The van der Waals surface area contributed by atoms with Crippen molar-refractivity contribution in [2.24, 2.45) is 0 Å². The zero-order valence-electron chi connectivity index (χ0n) is 18.7. The summed E-state index contributed by atoms with van der Waals surface area (Å²) in [6, 6.07) is 18.2. The van der Waals surface area contributed by atoms with Crippen molar-refractivity contribution in [3.05, 3.63) is 89.5 Å². The van der Waals surface area contributed by atoms with Gasteiger partial charge in [0.05, 0.1) is 12.2 Å². The Morgan fingerprint density at radius 3 is 2.58 bits per heavy atom. The second-order valence-corrected chi connectivity index (χ2v) is 9.37. The van der Waals surface area contributed by atoms with Crippen LogP contribution in [-0.2, 0) is 18.5 Å². The molecule has 1 amide bonds. The highest BCUT2D eigenvalue weighted by Crippen LogP contribution is 2.33. The van der Waals surface area contributed by atoms with Gasteiger partial charge < -0.3 is 10.1 Å². The number of aryl methyl sites for hydroxylation is 1. The average Bonchev–Trinajstić information content (AvgIpc) is 3.40.